The highest BCUT2D eigenvalue weighted by Gasteiger charge is 2.32. The van der Waals surface area contributed by atoms with E-state index < -0.39 is 24.1 Å². The van der Waals surface area contributed by atoms with E-state index in [0.717, 1.165) is 106 Å². The Hall–Kier alpha value is -7.02. The maximum atomic E-state index is 13.9. The van der Waals surface area contributed by atoms with Gasteiger partial charge in [-0.3, -0.25) is 19.4 Å². The average molecular weight is 999 g/mol. The summed E-state index contributed by atoms with van der Waals surface area (Å²) in [6, 6.07) is 42.4. The first-order chi connectivity index (χ1) is 35.9. The van der Waals surface area contributed by atoms with Crippen LogP contribution >= 0.6 is 0 Å². The van der Waals surface area contributed by atoms with Crippen molar-refractivity contribution in [2.45, 2.75) is 102 Å². The second kappa shape index (κ2) is 22.6. The molecule has 2 aromatic heterocycles. The highest BCUT2D eigenvalue weighted by atomic mass is 16.6. The lowest BCUT2D eigenvalue weighted by Crippen LogP contribution is -2.46. The number of piperidine rings is 2. The third-order valence-corrected chi connectivity index (χ3v) is 15.5. The number of carbonyl (C=O) groups is 2. The smallest absolute Gasteiger partial charge is 0.306 e. The third kappa shape index (κ3) is 11.8. The van der Waals surface area contributed by atoms with Gasteiger partial charge >= 0.3 is 11.9 Å². The van der Waals surface area contributed by atoms with Crippen LogP contribution in [-0.2, 0) is 19.1 Å². The van der Waals surface area contributed by atoms with E-state index >= 15 is 0 Å². The lowest BCUT2D eigenvalue weighted by molar-refractivity contribution is -0.159. The van der Waals surface area contributed by atoms with Crippen LogP contribution in [-0.4, -0.2) is 110 Å². The van der Waals surface area contributed by atoms with Gasteiger partial charge in [-0.1, -0.05) is 60.7 Å². The Bertz CT molecular complexity index is 3040. The minimum absolute atomic E-state index is 0.122. The van der Waals surface area contributed by atoms with E-state index in [4.69, 9.17) is 28.4 Å². The fraction of sp³-hybridized carbons (Fsp3) is 0.387. The van der Waals surface area contributed by atoms with E-state index in [9.17, 15) is 9.59 Å². The van der Waals surface area contributed by atoms with Gasteiger partial charge in [-0.2, -0.15) is 0 Å². The quantitative estimate of drug-likeness (QED) is 0.0756. The molecule has 8 aromatic rings. The number of hydrogen-bond acceptors (Lipinski definition) is 10. The van der Waals surface area contributed by atoms with Crippen molar-refractivity contribution in [1.82, 2.24) is 19.8 Å². The summed E-state index contributed by atoms with van der Waals surface area (Å²) >= 11 is 0. The van der Waals surface area contributed by atoms with Crippen molar-refractivity contribution in [3.63, 3.8) is 0 Å². The maximum Gasteiger partial charge on any atom is 0.306 e. The van der Waals surface area contributed by atoms with Gasteiger partial charge in [0.2, 0.25) is 0 Å². The van der Waals surface area contributed by atoms with Crippen LogP contribution in [0.3, 0.4) is 0 Å². The number of aryl methyl sites for hydroxylation is 2. The summed E-state index contributed by atoms with van der Waals surface area (Å²) in [7, 11) is 3.39. The van der Waals surface area contributed by atoms with Gasteiger partial charge in [-0.25, -0.2) is 0 Å². The van der Waals surface area contributed by atoms with Crippen molar-refractivity contribution in [3.8, 4) is 23.0 Å². The monoisotopic (exact) mass is 999 g/mol. The molecule has 4 heterocycles. The number of nitrogens with one attached hydrogen (secondary N) is 2. The Balaban J connectivity index is 0.789. The summed E-state index contributed by atoms with van der Waals surface area (Å²) in [6.45, 7) is 11.6. The molecule has 2 N–H and O–H groups in total. The normalized spacial score (nSPS) is 19.4. The second-order valence-corrected chi connectivity index (χ2v) is 20.8. The molecule has 4 unspecified atom stereocenters. The van der Waals surface area contributed by atoms with Gasteiger partial charge in [-0.15, -0.1) is 0 Å². The lowest BCUT2D eigenvalue weighted by atomic mass is 9.85. The van der Waals surface area contributed by atoms with Crippen LogP contribution < -0.4 is 18.9 Å². The Morgan fingerprint density at radius 3 is 1.39 bits per heavy atom. The first-order valence-corrected chi connectivity index (χ1v) is 26.4. The molecule has 2 saturated heterocycles. The van der Waals surface area contributed by atoms with Crippen LogP contribution in [0.2, 0.25) is 0 Å². The molecule has 0 spiro atoms. The number of rotatable bonds is 19. The zero-order valence-electron chi connectivity index (χ0n) is 43.7. The van der Waals surface area contributed by atoms with Crippen LogP contribution in [0.5, 0.6) is 23.0 Å². The number of fused-ring (bicyclic) bond motifs is 4. The van der Waals surface area contributed by atoms with Gasteiger partial charge in [0.15, 0.2) is 0 Å². The Morgan fingerprint density at radius 1 is 0.554 bits per heavy atom. The van der Waals surface area contributed by atoms with E-state index in [2.05, 4.69) is 106 Å². The second-order valence-electron chi connectivity index (χ2n) is 20.8. The zero-order valence-corrected chi connectivity index (χ0v) is 43.7. The molecular weight excluding hydrogens is 929 g/mol. The zero-order chi connectivity index (χ0) is 51.3. The van der Waals surface area contributed by atoms with E-state index in [1.807, 2.05) is 62.4 Å². The predicted octanol–water partition coefficient (Wildman–Crippen LogP) is 12.2. The SMILES string of the molecule is COc1ccc2cc(C3CCN(C[C@@H](COc4cccc5[nH]c(C)cc45)OC(=O)CCC(=O)O[C@H](COc4cccc5[nH]c(C)cc45)CN4CCC(c5ccc6cc(OC)ccc6c5)CC4C)C(C)C3)ccc2c1. The minimum Gasteiger partial charge on any atom is -0.497 e. The largest absolute Gasteiger partial charge is 0.497 e. The highest BCUT2D eigenvalue weighted by Crippen LogP contribution is 2.37. The minimum atomic E-state index is -0.577. The molecule has 2 aliphatic heterocycles. The summed E-state index contributed by atoms with van der Waals surface area (Å²) in [5.41, 5.74) is 6.71. The molecule has 0 bridgehead atoms. The first-order valence-electron chi connectivity index (χ1n) is 26.4. The van der Waals surface area contributed by atoms with Crippen molar-refractivity contribution in [1.29, 1.82) is 0 Å². The van der Waals surface area contributed by atoms with Gasteiger partial charge in [0.25, 0.3) is 0 Å². The van der Waals surface area contributed by atoms with Crippen LogP contribution in [0.15, 0.2) is 121 Å². The van der Waals surface area contributed by atoms with E-state index in [-0.39, 0.29) is 38.1 Å². The number of esters is 2. The fourth-order valence-corrected chi connectivity index (χ4v) is 11.5. The van der Waals surface area contributed by atoms with Gasteiger partial charge in [0.05, 0.1) is 27.1 Å². The first kappa shape index (κ1) is 50.5. The predicted molar refractivity (Wildman–Crippen MR) is 293 cm³/mol. The van der Waals surface area contributed by atoms with Gasteiger partial charge < -0.3 is 38.4 Å². The van der Waals surface area contributed by atoms with Crippen molar-refractivity contribution in [3.05, 3.63) is 144 Å². The molecule has 12 heteroatoms. The summed E-state index contributed by atoms with van der Waals surface area (Å²) < 4.78 is 36.4. The van der Waals surface area contributed by atoms with E-state index in [0.29, 0.717) is 24.9 Å². The van der Waals surface area contributed by atoms with Crippen LogP contribution in [0, 0.1) is 13.8 Å². The number of methoxy groups -OCH3 is 2. The number of ether oxygens (including phenoxy) is 6. The number of H-pyrrole nitrogens is 2. The number of benzene rings is 6. The highest BCUT2D eigenvalue weighted by molar-refractivity contribution is 5.88. The molecular formula is C62H70N4O8. The summed E-state index contributed by atoms with van der Waals surface area (Å²) in [5.74, 6) is 3.03. The molecule has 0 amide bonds. The standard InChI is InChI=1S/C62H70N4O8/c1-39-27-55-57(63-39)9-7-11-59(55)71-37-53(35-65-25-23-49(29-41(65)3)43-13-15-47-33-51(69-5)19-17-45(47)31-43)73-61(67)21-22-62(68)74-54(38-72-60-12-8-10-58-56(60)28-40(2)64-58)36-66-26-24-50(30-42(66)4)44-14-16-48-34-52(70-6)20-18-46(48)32-44/h7-20,27-28,31-34,41-42,49-50,53-54,63-64H,21-26,29-30,35-38H2,1-6H3/t41?,42?,49?,50?,53-,54-/m0/s1. The van der Waals surface area contributed by atoms with Crippen molar-refractivity contribution in [2.75, 3.05) is 53.6 Å². The van der Waals surface area contributed by atoms with Crippen molar-refractivity contribution in [2.24, 2.45) is 0 Å². The molecule has 0 aliphatic carbocycles. The number of nitrogens with zero attached hydrogens (tertiary/aromatic N) is 2. The van der Waals surface area contributed by atoms with Crippen LogP contribution in [0.25, 0.3) is 43.4 Å². The molecule has 6 aromatic carbocycles. The Labute approximate surface area is 434 Å². The summed E-state index contributed by atoms with van der Waals surface area (Å²) in [6.07, 6.45) is 2.50. The fourth-order valence-electron chi connectivity index (χ4n) is 11.5. The molecule has 386 valence electrons. The Kier molecular flexibility index (Phi) is 15.4. The van der Waals surface area contributed by atoms with Gasteiger partial charge in [0, 0.05) is 58.4 Å². The molecule has 12 nitrogen and oxygen atoms in total. The molecule has 10 rings (SSSR count). The lowest BCUT2D eigenvalue weighted by Gasteiger charge is -2.39. The van der Waals surface area contributed by atoms with E-state index in [1.165, 1.54) is 21.9 Å². The molecule has 2 aliphatic rings. The molecule has 0 saturated carbocycles. The van der Waals surface area contributed by atoms with Gasteiger partial charge in [-0.05, 0) is 172 Å². The molecule has 2 fully saturated rings. The van der Waals surface area contributed by atoms with Crippen molar-refractivity contribution >= 4 is 55.3 Å². The Morgan fingerprint density at radius 2 is 0.973 bits per heavy atom. The number of carbonyl (C=O) groups excluding carboxylic acids is 2. The van der Waals surface area contributed by atoms with E-state index in [1.54, 1.807) is 14.2 Å². The van der Waals surface area contributed by atoms with Crippen LogP contribution in [0.1, 0.15) is 86.7 Å². The molecule has 74 heavy (non-hydrogen) atoms. The molecule has 0 radical (unpaired) electrons. The number of aromatic amines is 2. The number of hydrogen-bond donors (Lipinski definition) is 2. The van der Waals surface area contributed by atoms with Crippen LogP contribution in [0.4, 0.5) is 0 Å². The summed E-state index contributed by atoms with van der Waals surface area (Å²) in [5, 5.41) is 6.68. The average Bonchev–Trinajstić information content (AvgIpc) is 4.00. The third-order valence-electron chi connectivity index (χ3n) is 15.5. The summed E-state index contributed by atoms with van der Waals surface area (Å²) in [4.78, 5) is 39.3. The maximum absolute atomic E-state index is 13.9. The van der Waals surface area contributed by atoms with Crippen molar-refractivity contribution < 1.29 is 38.0 Å². The number of aromatic nitrogens is 2. The van der Waals surface area contributed by atoms with Gasteiger partial charge in [0.1, 0.15) is 48.4 Å². The molecule has 6 atom stereocenters. The number of likely N-dealkylation sites (tertiary alicyclic amines) is 2. The topological polar surface area (TPSA) is 128 Å².